The lowest BCUT2D eigenvalue weighted by atomic mass is 10.1. The van der Waals surface area contributed by atoms with Crippen LogP contribution < -0.4 is 10.1 Å². The molecule has 0 aliphatic heterocycles. The highest BCUT2D eigenvalue weighted by Crippen LogP contribution is 2.24. The number of carbonyl (C=O) groups excluding carboxylic acids is 1. The second-order valence-electron chi connectivity index (χ2n) is 5.67. The van der Waals surface area contributed by atoms with Gasteiger partial charge in [0, 0.05) is 10.7 Å². The maximum Gasteiger partial charge on any atom is 0.259 e. The van der Waals surface area contributed by atoms with Gasteiger partial charge in [0.15, 0.2) is 0 Å². The van der Waals surface area contributed by atoms with Gasteiger partial charge in [-0.05, 0) is 48.0 Å². The molecule has 0 heterocycles. The Hall–Kier alpha value is -3.00. The smallest absolute Gasteiger partial charge is 0.259 e. The predicted molar refractivity (Wildman–Crippen MR) is 106 cm³/mol. The number of carbonyl (C=O) groups is 1. The third kappa shape index (κ3) is 4.79. The molecule has 0 atom stereocenters. The molecule has 3 aromatic rings. The van der Waals surface area contributed by atoms with Crippen LogP contribution >= 0.6 is 23.2 Å². The van der Waals surface area contributed by atoms with Crippen molar-refractivity contribution in [3.05, 3.63) is 93.5 Å². The van der Waals surface area contributed by atoms with E-state index in [1.807, 2.05) is 18.2 Å². The van der Waals surface area contributed by atoms with Crippen molar-refractivity contribution in [1.29, 1.82) is 5.26 Å². The second-order valence-corrected chi connectivity index (χ2v) is 6.52. The molecule has 3 rings (SSSR count). The summed E-state index contributed by atoms with van der Waals surface area (Å²) < 4.78 is 5.81. The largest absolute Gasteiger partial charge is 0.488 e. The van der Waals surface area contributed by atoms with Gasteiger partial charge in [-0.15, -0.1) is 0 Å². The molecule has 4 nitrogen and oxygen atoms in total. The molecule has 0 unspecified atom stereocenters. The number of rotatable bonds is 5. The number of nitrogens with zero attached hydrogens (tertiary/aromatic N) is 1. The van der Waals surface area contributed by atoms with Gasteiger partial charge in [0.05, 0.1) is 16.1 Å². The van der Waals surface area contributed by atoms with Gasteiger partial charge in [0.1, 0.15) is 18.4 Å². The molecule has 1 N–H and O–H groups in total. The summed E-state index contributed by atoms with van der Waals surface area (Å²) in [5, 5.41) is 12.6. The lowest BCUT2D eigenvalue weighted by Crippen LogP contribution is -2.13. The Morgan fingerprint density at radius 1 is 1.04 bits per heavy atom. The summed E-state index contributed by atoms with van der Waals surface area (Å²) in [5.74, 6) is 0.132. The number of hydrogen-bond donors (Lipinski definition) is 1. The van der Waals surface area contributed by atoms with Gasteiger partial charge >= 0.3 is 0 Å². The number of hydrogen-bond acceptors (Lipinski definition) is 3. The highest BCUT2D eigenvalue weighted by Gasteiger charge is 2.13. The molecule has 0 aliphatic carbocycles. The number of halogens is 2. The van der Waals surface area contributed by atoms with Crippen LogP contribution in [0.4, 0.5) is 5.69 Å². The van der Waals surface area contributed by atoms with Crippen LogP contribution in [-0.4, -0.2) is 5.91 Å². The topological polar surface area (TPSA) is 62.1 Å². The molecule has 0 aliphatic rings. The zero-order valence-electron chi connectivity index (χ0n) is 14.1. The van der Waals surface area contributed by atoms with Crippen LogP contribution in [-0.2, 0) is 6.61 Å². The molecular weight excluding hydrogens is 383 g/mol. The summed E-state index contributed by atoms with van der Waals surface area (Å²) in [4.78, 5) is 12.6. The number of nitrogens with one attached hydrogen (secondary N) is 1. The summed E-state index contributed by atoms with van der Waals surface area (Å²) in [6.07, 6.45) is 0. The summed E-state index contributed by atoms with van der Waals surface area (Å²) in [7, 11) is 0. The quantitative estimate of drug-likeness (QED) is 0.601. The summed E-state index contributed by atoms with van der Waals surface area (Å²) in [6.45, 7) is 0.310. The van der Waals surface area contributed by atoms with E-state index in [1.54, 1.807) is 48.5 Å². The van der Waals surface area contributed by atoms with E-state index in [9.17, 15) is 4.79 Å². The Balaban J connectivity index is 1.74. The minimum absolute atomic E-state index is 0.280. The standard InChI is InChI=1S/C21H14Cl2N2O2/c22-16-8-5-14(6-9-16)13-27-20-4-2-1-3-18(20)21(26)25-17-10-7-15(12-24)19(23)11-17/h1-11H,13H2,(H,25,26). The number of amides is 1. The zero-order chi connectivity index (χ0) is 19.2. The van der Waals surface area contributed by atoms with Crippen LogP contribution in [0.25, 0.3) is 0 Å². The molecule has 27 heavy (non-hydrogen) atoms. The molecule has 0 spiro atoms. The van der Waals surface area contributed by atoms with E-state index in [0.717, 1.165) is 5.56 Å². The molecule has 3 aromatic carbocycles. The Morgan fingerprint density at radius 3 is 2.48 bits per heavy atom. The third-order valence-corrected chi connectivity index (χ3v) is 4.35. The monoisotopic (exact) mass is 396 g/mol. The first kappa shape index (κ1) is 18.8. The van der Waals surface area contributed by atoms with E-state index in [0.29, 0.717) is 34.2 Å². The fourth-order valence-electron chi connectivity index (χ4n) is 2.40. The fraction of sp³-hybridized carbons (Fsp3) is 0.0476. The Kier molecular flexibility index (Phi) is 5.97. The Bertz CT molecular complexity index is 1010. The van der Waals surface area contributed by atoms with Crippen LogP contribution in [0.2, 0.25) is 10.0 Å². The first-order valence-electron chi connectivity index (χ1n) is 8.04. The average molecular weight is 397 g/mol. The summed E-state index contributed by atoms with van der Waals surface area (Å²) in [5.41, 5.74) is 2.18. The molecule has 0 bridgehead atoms. The highest BCUT2D eigenvalue weighted by molar-refractivity contribution is 6.32. The van der Waals surface area contributed by atoms with Crippen LogP contribution in [0.15, 0.2) is 66.7 Å². The fourth-order valence-corrected chi connectivity index (χ4v) is 2.75. The zero-order valence-corrected chi connectivity index (χ0v) is 15.6. The molecule has 1 amide bonds. The average Bonchev–Trinajstić information content (AvgIpc) is 2.68. The Labute approximate surface area is 166 Å². The molecule has 0 saturated carbocycles. The van der Waals surface area contributed by atoms with Crippen LogP contribution in [0, 0.1) is 11.3 Å². The van der Waals surface area contributed by atoms with E-state index >= 15 is 0 Å². The van der Waals surface area contributed by atoms with Crippen LogP contribution in [0.1, 0.15) is 21.5 Å². The van der Waals surface area contributed by atoms with Crippen molar-refractivity contribution >= 4 is 34.8 Å². The maximum atomic E-state index is 12.6. The van der Waals surface area contributed by atoms with Crippen molar-refractivity contribution in [3.63, 3.8) is 0 Å². The van der Waals surface area contributed by atoms with Crippen molar-refractivity contribution < 1.29 is 9.53 Å². The number of anilines is 1. The number of para-hydroxylation sites is 1. The summed E-state index contributed by atoms with van der Waals surface area (Å²) >= 11 is 11.9. The van der Waals surface area contributed by atoms with Crippen molar-refractivity contribution in [3.8, 4) is 11.8 Å². The number of benzene rings is 3. The third-order valence-electron chi connectivity index (χ3n) is 3.79. The lowest BCUT2D eigenvalue weighted by Gasteiger charge is -2.12. The van der Waals surface area contributed by atoms with Crippen LogP contribution in [0.3, 0.4) is 0 Å². The van der Waals surface area contributed by atoms with Crippen molar-refractivity contribution in [2.75, 3.05) is 5.32 Å². The molecule has 0 fully saturated rings. The SMILES string of the molecule is N#Cc1ccc(NC(=O)c2ccccc2OCc2ccc(Cl)cc2)cc1Cl. The van der Waals surface area contributed by atoms with Gasteiger partial charge in [-0.3, -0.25) is 4.79 Å². The van der Waals surface area contributed by atoms with Gasteiger partial charge < -0.3 is 10.1 Å². The lowest BCUT2D eigenvalue weighted by molar-refractivity contribution is 0.102. The van der Waals surface area contributed by atoms with Gasteiger partial charge in [0.2, 0.25) is 0 Å². The van der Waals surface area contributed by atoms with Gasteiger partial charge in [-0.25, -0.2) is 0 Å². The first-order chi connectivity index (χ1) is 13.1. The van der Waals surface area contributed by atoms with E-state index < -0.39 is 0 Å². The molecule has 134 valence electrons. The Morgan fingerprint density at radius 2 is 1.78 bits per heavy atom. The second kappa shape index (κ2) is 8.59. The van der Waals surface area contributed by atoms with Gasteiger partial charge in [-0.2, -0.15) is 5.26 Å². The predicted octanol–water partition coefficient (Wildman–Crippen LogP) is 5.70. The summed E-state index contributed by atoms with van der Waals surface area (Å²) in [6, 6.07) is 21.0. The normalized spacial score (nSPS) is 10.1. The first-order valence-corrected chi connectivity index (χ1v) is 8.79. The molecule has 0 radical (unpaired) electrons. The molecular formula is C21H14Cl2N2O2. The highest BCUT2D eigenvalue weighted by atomic mass is 35.5. The number of ether oxygens (including phenoxy) is 1. The molecule has 0 saturated heterocycles. The van der Waals surface area contributed by atoms with Crippen LogP contribution in [0.5, 0.6) is 5.75 Å². The molecule has 0 aromatic heterocycles. The molecule has 6 heteroatoms. The van der Waals surface area contributed by atoms with E-state index in [4.69, 9.17) is 33.2 Å². The van der Waals surface area contributed by atoms with Crippen molar-refractivity contribution in [2.24, 2.45) is 0 Å². The van der Waals surface area contributed by atoms with Gasteiger partial charge in [0.25, 0.3) is 5.91 Å². The minimum Gasteiger partial charge on any atom is -0.488 e. The van der Waals surface area contributed by atoms with Gasteiger partial charge in [-0.1, -0.05) is 47.5 Å². The van der Waals surface area contributed by atoms with E-state index in [1.165, 1.54) is 6.07 Å². The number of nitriles is 1. The van der Waals surface area contributed by atoms with Crippen molar-refractivity contribution in [1.82, 2.24) is 0 Å². The minimum atomic E-state index is -0.331. The van der Waals surface area contributed by atoms with Crippen molar-refractivity contribution in [2.45, 2.75) is 6.61 Å². The van der Waals surface area contributed by atoms with E-state index in [-0.39, 0.29) is 10.9 Å². The van der Waals surface area contributed by atoms with E-state index in [2.05, 4.69) is 5.32 Å². The maximum absolute atomic E-state index is 12.6.